The van der Waals surface area contributed by atoms with Crippen molar-refractivity contribution < 1.29 is 8.42 Å². The highest BCUT2D eigenvalue weighted by Gasteiger charge is 2.31. The quantitative estimate of drug-likeness (QED) is 0.760. The van der Waals surface area contributed by atoms with Crippen LogP contribution >= 0.6 is 12.6 Å². The second-order valence-corrected chi connectivity index (χ2v) is 6.97. The molecule has 0 aromatic heterocycles. The summed E-state index contributed by atoms with van der Waals surface area (Å²) in [4.78, 5) is 0. The molecule has 0 spiro atoms. The van der Waals surface area contributed by atoms with Crippen molar-refractivity contribution >= 4 is 22.8 Å². The van der Waals surface area contributed by atoms with Crippen LogP contribution in [-0.2, 0) is 10.2 Å². The molecule has 0 N–H and O–H groups in total. The number of nitrogens with zero attached hydrogens (tertiary/aromatic N) is 2. The van der Waals surface area contributed by atoms with Crippen LogP contribution in [0.2, 0.25) is 0 Å². The van der Waals surface area contributed by atoms with Gasteiger partial charge in [-0.15, -0.1) is 0 Å². The number of hydrogen-bond acceptors (Lipinski definition) is 3. The van der Waals surface area contributed by atoms with Gasteiger partial charge in [0.05, 0.1) is 0 Å². The van der Waals surface area contributed by atoms with Crippen LogP contribution in [0.3, 0.4) is 0 Å². The Hall–Kier alpha value is 0.220. The average Bonchev–Trinajstić information content (AvgIpc) is 2.17. The van der Waals surface area contributed by atoms with Gasteiger partial charge in [-0.3, -0.25) is 0 Å². The smallest absolute Gasteiger partial charge is 0.195 e. The van der Waals surface area contributed by atoms with Crippen molar-refractivity contribution in [3.05, 3.63) is 0 Å². The van der Waals surface area contributed by atoms with Gasteiger partial charge < -0.3 is 0 Å². The number of thiol groups is 1. The molecule has 1 aliphatic heterocycles. The zero-order valence-corrected chi connectivity index (χ0v) is 11.3. The molecule has 1 rings (SSSR count). The Morgan fingerprint density at radius 3 is 2.20 bits per heavy atom. The van der Waals surface area contributed by atoms with Crippen LogP contribution in [0.5, 0.6) is 0 Å². The normalized spacial score (nSPS) is 21.5. The minimum atomic E-state index is -3.25. The van der Waals surface area contributed by atoms with Crippen LogP contribution in [0, 0.1) is 0 Å². The Labute approximate surface area is 98.2 Å². The molecule has 1 saturated heterocycles. The van der Waals surface area contributed by atoms with E-state index >= 15 is 0 Å². The third-order valence-corrected chi connectivity index (χ3v) is 5.52. The Morgan fingerprint density at radius 2 is 1.80 bits per heavy atom. The van der Waals surface area contributed by atoms with Crippen LogP contribution in [0.1, 0.15) is 26.7 Å². The molecule has 15 heavy (non-hydrogen) atoms. The fraction of sp³-hybridized carbons (Fsp3) is 1.00. The van der Waals surface area contributed by atoms with Crippen molar-refractivity contribution in [2.24, 2.45) is 0 Å². The lowest BCUT2D eigenvalue weighted by atomic mass is 10.2. The summed E-state index contributed by atoms with van der Waals surface area (Å²) < 4.78 is 27.1. The molecule has 6 heteroatoms. The molecule has 0 saturated carbocycles. The summed E-state index contributed by atoms with van der Waals surface area (Å²) in [7, 11) is -1.62. The minimum Gasteiger partial charge on any atom is -0.195 e. The van der Waals surface area contributed by atoms with Gasteiger partial charge in [0.25, 0.3) is 10.2 Å². The zero-order valence-electron chi connectivity index (χ0n) is 9.55. The van der Waals surface area contributed by atoms with E-state index in [9.17, 15) is 8.42 Å². The number of hydrogen-bond donors (Lipinski definition) is 1. The van der Waals surface area contributed by atoms with Gasteiger partial charge in [-0.25, -0.2) is 0 Å². The fourth-order valence-electron chi connectivity index (χ4n) is 1.52. The maximum atomic E-state index is 12.1. The van der Waals surface area contributed by atoms with Gasteiger partial charge in [0, 0.05) is 31.4 Å². The summed E-state index contributed by atoms with van der Waals surface area (Å²) in [6, 6.07) is 0.00345. The molecular formula is C9H20N2O2S2. The van der Waals surface area contributed by atoms with E-state index in [0.717, 1.165) is 12.8 Å². The van der Waals surface area contributed by atoms with E-state index in [1.54, 1.807) is 11.4 Å². The first kappa shape index (κ1) is 13.3. The summed E-state index contributed by atoms with van der Waals surface area (Å²) in [5.74, 6) is 0. The predicted molar refractivity (Wildman–Crippen MR) is 65.4 cm³/mol. The highest BCUT2D eigenvalue weighted by Crippen LogP contribution is 2.20. The monoisotopic (exact) mass is 252 g/mol. The largest absolute Gasteiger partial charge is 0.281 e. The minimum absolute atomic E-state index is 0.00345. The summed E-state index contributed by atoms with van der Waals surface area (Å²) in [5, 5.41) is 0.348. The second-order valence-electron chi connectivity index (χ2n) is 4.25. The zero-order chi connectivity index (χ0) is 11.6. The lowest BCUT2D eigenvalue weighted by Gasteiger charge is -2.33. The maximum absolute atomic E-state index is 12.1. The molecule has 0 unspecified atom stereocenters. The molecule has 4 nitrogen and oxygen atoms in total. The average molecular weight is 252 g/mol. The van der Waals surface area contributed by atoms with Crippen molar-refractivity contribution in [3.63, 3.8) is 0 Å². The number of rotatable bonds is 3. The molecule has 90 valence electrons. The summed E-state index contributed by atoms with van der Waals surface area (Å²) in [6.45, 7) is 4.94. The topological polar surface area (TPSA) is 40.6 Å². The van der Waals surface area contributed by atoms with Gasteiger partial charge in [-0.1, -0.05) is 0 Å². The van der Waals surface area contributed by atoms with Crippen LogP contribution in [0.25, 0.3) is 0 Å². The molecule has 0 atom stereocenters. The molecule has 0 amide bonds. The lowest BCUT2D eigenvalue weighted by Crippen LogP contribution is -2.48. The highest BCUT2D eigenvalue weighted by molar-refractivity contribution is 7.86. The van der Waals surface area contributed by atoms with Crippen molar-refractivity contribution in [1.82, 2.24) is 8.61 Å². The van der Waals surface area contributed by atoms with Crippen molar-refractivity contribution in [3.8, 4) is 0 Å². The van der Waals surface area contributed by atoms with E-state index in [4.69, 9.17) is 0 Å². The molecule has 0 aliphatic carbocycles. The number of piperidine rings is 1. The third kappa shape index (κ3) is 3.09. The third-order valence-electron chi connectivity index (χ3n) is 2.84. The van der Waals surface area contributed by atoms with Gasteiger partial charge in [0.1, 0.15) is 0 Å². The van der Waals surface area contributed by atoms with E-state index in [2.05, 4.69) is 12.6 Å². The molecule has 0 aromatic rings. The molecule has 0 aromatic carbocycles. The first-order valence-corrected chi connectivity index (χ1v) is 7.18. The highest BCUT2D eigenvalue weighted by atomic mass is 32.2. The molecule has 0 radical (unpaired) electrons. The predicted octanol–water partition coefficient (Wildman–Crippen LogP) is 0.966. The van der Waals surface area contributed by atoms with E-state index < -0.39 is 10.2 Å². The fourth-order valence-corrected chi connectivity index (χ4v) is 3.32. The van der Waals surface area contributed by atoms with E-state index in [1.807, 2.05) is 13.8 Å². The maximum Gasteiger partial charge on any atom is 0.281 e. The van der Waals surface area contributed by atoms with Crippen LogP contribution in [-0.4, -0.2) is 48.5 Å². The Bertz CT molecular complexity index is 295. The molecular weight excluding hydrogens is 232 g/mol. The van der Waals surface area contributed by atoms with Gasteiger partial charge in [-0.05, 0) is 26.7 Å². The van der Waals surface area contributed by atoms with Crippen molar-refractivity contribution in [1.29, 1.82) is 0 Å². The van der Waals surface area contributed by atoms with E-state index in [-0.39, 0.29) is 6.04 Å². The van der Waals surface area contributed by atoms with E-state index in [0.29, 0.717) is 18.3 Å². The molecule has 1 aliphatic rings. The summed E-state index contributed by atoms with van der Waals surface area (Å²) in [5.41, 5.74) is 0. The Morgan fingerprint density at radius 1 is 1.33 bits per heavy atom. The SMILES string of the molecule is CC(C)N(C)S(=O)(=O)N1CCC(S)CC1. The second kappa shape index (κ2) is 5.03. The van der Waals surface area contributed by atoms with Gasteiger partial charge >= 0.3 is 0 Å². The van der Waals surface area contributed by atoms with Crippen LogP contribution in [0.15, 0.2) is 0 Å². The van der Waals surface area contributed by atoms with Crippen molar-refractivity contribution in [2.75, 3.05) is 20.1 Å². The Balaban J connectivity index is 2.70. The first-order chi connectivity index (χ1) is 6.85. The first-order valence-electron chi connectivity index (χ1n) is 5.27. The van der Waals surface area contributed by atoms with Crippen molar-refractivity contribution in [2.45, 2.75) is 38.0 Å². The molecule has 0 bridgehead atoms. The van der Waals surface area contributed by atoms with Gasteiger partial charge in [-0.2, -0.15) is 29.7 Å². The van der Waals surface area contributed by atoms with Gasteiger partial charge in [0.2, 0.25) is 0 Å². The Kier molecular flexibility index (Phi) is 4.46. The summed E-state index contributed by atoms with van der Waals surface area (Å²) >= 11 is 4.35. The van der Waals surface area contributed by atoms with E-state index in [1.165, 1.54) is 4.31 Å². The summed E-state index contributed by atoms with van der Waals surface area (Å²) in [6.07, 6.45) is 1.68. The van der Waals surface area contributed by atoms with Crippen LogP contribution < -0.4 is 0 Å². The molecule has 1 fully saturated rings. The molecule has 1 heterocycles. The standard InChI is InChI=1S/C9H20N2O2S2/c1-8(2)10(3)15(12,13)11-6-4-9(14)5-7-11/h8-9,14H,4-7H2,1-3H3. The lowest BCUT2D eigenvalue weighted by molar-refractivity contribution is 0.305. The van der Waals surface area contributed by atoms with Crippen LogP contribution in [0.4, 0.5) is 0 Å². The van der Waals surface area contributed by atoms with Gasteiger partial charge in [0.15, 0.2) is 0 Å².